The molecule has 0 spiro atoms. The Kier molecular flexibility index (Phi) is 7.16. The summed E-state index contributed by atoms with van der Waals surface area (Å²) >= 11 is 0. The molecule has 0 radical (unpaired) electrons. The maximum atomic E-state index is 6.27. The predicted octanol–water partition coefficient (Wildman–Crippen LogP) is 14.3. The molecule has 9 aromatic carbocycles. The van der Waals surface area contributed by atoms with Crippen LogP contribution in [0.5, 0.6) is 0 Å². The van der Waals surface area contributed by atoms with Crippen molar-refractivity contribution in [3.05, 3.63) is 188 Å². The number of para-hydroxylation sites is 2. The molecule has 5 heteroatoms. The van der Waals surface area contributed by atoms with E-state index in [1.54, 1.807) is 0 Å². The highest BCUT2D eigenvalue weighted by Gasteiger charge is 2.18. The van der Waals surface area contributed by atoms with Crippen LogP contribution in [0.15, 0.2) is 197 Å². The van der Waals surface area contributed by atoms with Gasteiger partial charge < -0.3 is 8.83 Å². The van der Waals surface area contributed by atoms with E-state index in [-0.39, 0.29) is 0 Å². The van der Waals surface area contributed by atoms with E-state index in [0.29, 0.717) is 17.5 Å². The fourth-order valence-corrected chi connectivity index (χ4v) is 8.56. The molecule has 0 aliphatic carbocycles. The van der Waals surface area contributed by atoms with Crippen LogP contribution < -0.4 is 0 Å². The number of benzene rings is 9. The van der Waals surface area contributed by atoms with Crippen LogP contribution in [-0.4, -0.2) is 15.0 Å². The highest BCUT2D eigenvalue weighted by Crippen LogP contribution is 2.39. The zero-order chi connectivity index (χ0) is 38.2. The largest absolute Gasteiger partial charge is 0.456 e. The van der Waals surface area contributed by atoms with Gasteiger partial charge in [0.05, 0.1) is 0 Å². The standard InChI is InChI=1S/C53H31N3O2/c1-2-14-39-32(10-1)11-8-17-40(39)33-22-25-35(26-23-33)51-54-52(37-13-7-12-36(30-37)41-18-9-21-47-49(41)42-15-3-5-19-45(42)57-47)56-53(55-51)38-27-24-34-28-29-48-50(44(34)31-38)43-16-4-6-20-46(43)58-48/h1-31H. The van der Waals surface area contributed by atoms with Crippen molar-refractivity contribution in [2.24, 2.45) is 0 Å². The van der Waals surface area contributed by atoms with Crippen molar-refractivity contribution < 1.29 is 8.83 Å². The van der Waals surface area contributed by atoms with Gasteiger partial charge in [0.1, 0.15) is 22.3 Å². The van der Waals surface area contributed by atoms with Gasteiger partial charge in [0.15, 0.2) is 17.5 Å². The molecule has 3 aromatic heterocycles. The lowest BCUT2D eigenvalue weighted by Crippen LogP contribution is -2.00. The Morgan fingerprint density at radius 1 is 0.276 bits per heavy atom. The Balaban J connectivity index is 1.03. The molecule has 0 bridgehead atoms. The fourth-order valence-electron chi connectivity index (χ4n) is 8.56. The summed E-state index contributed by atoms with van der Waals surface area (Å²) in [5.41, 5.74) is 10.6. The van der Waals surface area contributed by atoms with Crippen LogP contribution >= 0.6 is 0 Å². The molecule has 0 N–H and O–H groups in total. The minimum Gasteiger partial charge on any atom is -0.456 e. The first-order valence-electron chi connectivity index (χ1n) is 19.4. The molecule has 12 aromatic rings. The molecule has 5 nitrogen and oxygen atoms in total. The average molecular weight is 742 g/mol. The van der Waals surface area contributed by atoms with Crippen LogP contribution in [-0.2, 0) is 0 Å². The van der Waals surface area contributed by atoms with Gasteiger partial charge in [0.2, 0.25) is 0 Å². The molecule has 0 saturated carbocycles. The van der Waals surface area contributed by atoms with Gasteiger partial charge in [-0.05, 0) is 80.2 Å². The van der Waals surface area contributed by atoms with Gasteiger partial charge in [-0.3, -0.25) is 0 Å². The van der Waals surface area contributed by atoms with Gasteiger partial charge in [0, 0.05) is 38.2 Å². The third-order valence-electron chi connectivity index (χ3n) is 11.3. The molecule has 3 heterocycles. The van der Waals surface area contributed by atoms with E-state index in [2.05, 4.69) is 152 Å². The Bertz CT molecular complexity index is 3570. The van der Waals surface area contributed by atoms with Crippen molar-refractivity contribution >= 4 is 65.4 Å². The number of hydrogen-bond donors (Lipinski definition) is 0. The van der Waals surface area contributed by atoms with E-state index < -0.39 is 0 Å². The van der Waals surface area contributed by atoms with Gasteiger partial charge in [-0.15, -0.1) is 0 Å². The average Bonchev–Trinajstić information content (AvgIpc) is 3.88. The first kappa shape index (κ1) is 32.4. The normalized spacial score (nSPS) is 11.8. The van der Waals surface area contributed by atoms with Crippen molar-refractivity contribution in [2.75, 3.05) is 0 Å². The maximum Gasteiger partial charge on any atom is 0.164 e. The first-order chi connectivity index (χ1) is 28.7. The molecule has 0 atom stereocenters. The zero-order valence-electron chi connectivity index (χ0n) is 31.1. The number of rotatable bonds is 5. The smallest absolute Gasteiger partial charge is 0.164 e. The Morgan fingerprint density at radius 3 is 1.57 bits per heavy atom. The minimum absolute atomic E-state index is 0.594. The van der Waals surface area contributed by atoms with Crippen LogP contribution in [0.2, 0.25) is 0 Å². The third-order valence-corrected chi connectivity index (χ3v) is 11.3. The second-order valence-electron chi connectivity index (χ2n) is 14.7. The highest BCUT2D eigenvalue weighted by atomic mass is 16.3. The van der Waals surface area contributed by atoms with Crippen LogP contribution in [0, 0.1) is 0 Å². The fraction of sp³-hybridized carbons (Fsp3) is 0. The molecule has 0 fully saturated rings. The van der Waals surface area contributed by atoms with Gasteiger partial charge in [-0.25, -0.2) is 15.0 Å². The van der Waals surface area contributed by atoms with Gasteiger partial charge in [-0.1, -0.05) is 152 Å². The summed E-state index contributed by atoms with van der Waals surface area (Å²) in [5, 5.41) is 8.99. The van der Waals surface area contributed by atoms with Crippen LogP contribution in [0.3, 0.4) is 0 Å². The lowest BCUT2D eigenvalue weighted by atomic mass is 9.97. The summed E-state index contributed by atoms with van der Waals surface area (Å²) in [6.07, 6.45) is 0. The molecule has 270 valence electrons. The van der Waals surface area contributed by atoms with E-state index >= 15 is 0 Å². The molecular weight excluding hydrogens is 711 g/mol. The molecular formula is C53H31N3O2. The van der Waals surface area contributed by atoms with E-state index in [4.69, 9.17) is 23.8 Å². The lowest BCUT2D eigenvalue weighted by Gasteiger charge is -2.12. The number of nitrogens with zero attached hydrogens (tertiary/aromatic N) is 3. The predicted molar refractivity (Wildman–Crippen MR) is 237 cm³/mol. The summed E-state index contributed by atoms with van der Waals surface area (Å²) in [6.45, 7) is 0. The SMILES string of the molecule is c1cc(-c2nc(-c3ccc(-c4cccc5ccccc45)cc3)nc(-c3ccc4ccc5oc6ccccc6c5c4c3)n2)cc(-c2cccc3oc4ccccc4c23)c1. The number of fused-ring (bicyclic) bond motifs is 9. The van der Waals surface area contributed by atoms with E-state index in [1.807, 2.05) is 36.4 Å². The minimum atomic E-state index is 0.594. The number of aromatic nitrogens is 3. The number of hydrogen-bond acceptors (Lipinski definition) is 5. The Morgan fingerprint density at radius 2 is 0.776 bits per heavy atom. The summed E-state index contributed by atoms with van der Waals surface area (Å²) in [7, 11) is 0. The summed E-state index contributed by atoms with van der Waals surface area (Å²) in [4.78, 5) is 15.6. The van der Waals surface area contributed by atoms with Crippen LogP contribution in [0.1, 0.15) is 0 Å². The Hall–Kier alpha value is -7.89. The van der Waals surface area contributed by atoms with Crippen molar-refractivity contribution in [1.82, 2.24) is 15.0 Å². The molecule has 0 saturated heterocycles. The van der Waals surface area contributed by atoms with E-state index in [9.17, 15) is 0 Å². The topological polar surface area (TPSA) is 65.0 Å². The van der Waals surface area contributed by atoms with Crippen molar-refractivity contribution in [1.29, 1.82) is 0 Å². The first-order valence-corrected chi connectivity index (χ1v) is 19.4. The number of furan rings is 2. The molecule has 0 aliphatic heterocycles. The second kappa shape index (κ2) is 12.8. The molecule has 12 rings (SSSR count). The van der Waals surface area contributed by atoms with Crippen LogP contribution in [0.25, 0.3) is 122 Å². The van der Waals surface area contributed by atoms with Crippen molar-refractivity contribution in [3.8, 4) is 56.4 Å². The second-order valence-corrected chi connectivity index (χ2v) is 14.7. The zero-order valence-corrected chi connectivity index (χ0v) is 31.1. The third kappa shape index (κ3) is 5.21. The lowest BCUT2D eigenvalue weighted by molar-refractivity contribution is 0.668. The summed E-state index contributed by atoms with van der Waals surface area (Å²) < 4.78 is 12.5. The van der Waals surface area contributed by atoms with Gasteiger partial charge in [0.25, 0.3) is 0 Å². The summed E-state index contributed by atoms with van der Waals surface area (Å²) in [6, 6.07) is 65.2. The molecule has 0 aliphatic rings. The molecule has 0 unspecified atom stereocenters. The maximum absolute atomic E-state index is 6.27. The van der Waals surface area contributed by atoms with E-state index in [0.717, 1.165) is 88.0 Å². The van der Waals surface area contributed by atoms with Gasteiger partial charge >= 0.3 is 0 Å². The van der Waals surface area contributed by atoms with E-state index in [1.165, 1.54) is 16.3 Å². The Labute approximate surface area is 332 Å². The quantitative estimate of drug-likeness (QED) is 0.176. The van der Waals surface area contributed by atoms with Gasteiger partial charge in [-0.2, -0.15) is 0 Å². The van der Waals surface area contributed by atoms with Crippen molar-refractivity contribution in [3.63, 3.8) is 0 Å². The molecule has 0 amide bonds. The summed E-state index contributed by atoms with van der Waals surface area (Å²) in [5.74, 6) is 1.79. The van der Waals surface area contributed by atoms with Crippen molar-refractivity contribution in [2.45, 2.75) is 0 Å². The highest BCUT2D eigenvalue weighted by molar-refractivity contribution is 6.19. The monoisotopic (exact) mass is 741 g/mol. The molecule has 58 heavy (non-hydrogen) atoms. The van der Waals surface area contributed by atoms with Crippen LogP contribution in [0.4, 0.5) is 0 Å².